The molecule has 0 spiro atoms. The zero-order valence-corrected chi connectivity index (χ0v) is 36.6. The molecule has 6 aromatic heterocycles. The summed E-state index contributed by atoms with van der Waals surface area (Å²) in [6.45, 7) is 8.01. The molecular weight excluding hydrogens is 825 g/mol. The zero-order chi connectivity index (χ0) is 45.6. The Morgan fingerprint density at radius 3 is 1.26 bits per heavy atom. The standard InChI is InChI=1S/2C27H22N4O2/c2*1-18-5-10-23(25(16-18)33-22-11-13-28-14-12-22)27(32)29-21-8-6-20(7-9-21)24-17-31-15-3-4-19(2)26(31)30-24/h2*3-17H,1-2H3,(H,29,32). The van der Waals surface area contributed by atoms with Gasteiger partial charge in [0.05, 0.1) is 22.5 Å². The average molecular weight is 869 g/mol. The minimum Gasteiger partial charge on any atom is -0.456 e. The highest BCUT2D eigenvalue weighted by Gasteiger charge is 2.17. The van der Waals surface area contributed by atoms with E-state index in [1.807, 2.05) is 158 Å². The van der Waals surface area contributed by atoms with Crippen molar-refractivity contribution in [1.29, 1.82) is 0 Å². The van der Waals surface area contributed by atoms with Crippen molar-refractivity contribution >= 4 is 34.5 Å². The summed E-state index contributed by atoms with van der Waals surface area (Å²) < 4.78 is 15.9. The van der Waals surface area contributed by atoms with Crippen LogP contribution in [0.15, 0.2) is 183 Å². The number of nitrogens with one attached hydrogen (secondary N) is 2. The molecule has 4 aromatic carbocycles. The first-order valence-electron chi connectivity index (χ1n) is 21.2. The zero-order valence-electron chi connectivity index (χ0n) is 36.6. The van der Waals surface area contributed by atoms with E-state index < -0.39 is 0 Å². The molecule has 0 fully saturated rings. The molecule has 0 radical (unpaired) electrons. The van der Waals surface area contributed by atoms with Gasteiger partial charge in [-0.3, -0.25) is 19.6 Å². The number of benzene rings is 4. The van der Waals surface area contributed by atoms with Crippen LogP contribution in [-0.2, 0) is 0 Å². The summed E-state index contributed by atoms with van der Waals surface area (Å²) >= 11 is 0. The van der Waals surface area contributed by atoms with Crippen LogP contribution in [-0.4, -0.2) is 40.6 Å². The first kappa shape index (κ1) is 42.4. The van der Waals surface area contributed by atoms with Gasteiger partial charge in [0, 0.05) is 72.1 Å². The normalized spacial score (nSPS) is 10.8. The van der Waals surface area contributed by atoms with E-state index >= 15 is 0 Å². The number of aryl methyl sites for hydroxylation is 4. The molecule has 0 aliphatic heterocycles. The van der Waals surface area contributed by atoms with Gasteiger partial charge in [-0.1, -0.05) is 48.5 Å². The number of aromatic nitrogens is 6. The number of carbonyl (C=O) groups is 2. The number of ether oxygens (including phenoxy) is 2. The summed E-state index contributed by atoms with van der Waals surface area (Å²) in [5.41, 5.74) is 12.1. The maximum absolute atomic E-state index is 13.0. The van der Waals surface area contributed by atoms with Gasteiger partial charge in [0.2, 0.25) is 0 Å². The van der Waals surface area contributed by atoms with E-state index in [4.69, 9.17) is 19.4 Å². The van der Waals surface area contributed by atoms with Crippen molar-refractivity contribution in [2.45, 2.75) is 27.7 Å². The number of hydrogen-bond donors (Lipinski definition) is 2. The molecular formula is C54H44N8O4. The molecule has 324 valence electrons. The average Bonchev–Trinajstić information content (AvgIpc) is 3.98. The number of nitrogens with zero attached hydrogens (tertiary/aromatic N) is 6. The second kappa shape index (κ2) is 18.8. The molecule has 0 atom stereocenters. The van der Waals surface area contributed by atoms with Crippen LogP contribution >= 0.6 is 0 Å². The van der Waals surface area contributed by atoms with Crippen molar-refractivity contribution in [3.8, 4) is 45.5 Å². The van der Waals surface area contributed by atoms with Crippen LogP contribution in [0.4, 0.5) is 11.4 Å². The van der Waals surface area contributed by atoms with Crippen molar-refractivity contribution < 1.29 is 19.1 Å². The summed E-state index contributed by atoms with van der Waals surface area (Å²) in [7, 11) is 0. The van der Waals surface area contributed by atoms with Crippen molar-refractivity contribution in [3.05, 3.63) is 216 Å². The molecule has 0 aliphatic carbocycles. The van der Waals surface area contributed by atoms with Crippen LogP contribution in [0.5, 0.6) is 23.0 Å². The number of imidazole rings is 2. The number of pyridine rings is 4. The van der Waals surface area contributed by atoms with Gasteiger partial charge in [-0.05, 0) is 135 Å². The number of rotatable bonds is 10. The smallest absolute Gasteiger partial charge is 0.259 e. The quantitative estimate of drug-likeness (QED) is 0.139. The molecule has 66 heavy (non-hydrogen) atoms. The third kappa shape index (κ3) is 9.68. The Bertz CT molecular complexity index is 3110. The van der Waals surface area contributed by atoms with Crippen LogP contribution < -0.4 is 20.1 Å². The molecule has 10 rings (SSSR count). The lowest BCUT2D eigenvalue weighted by Gasteiger charge is -2.12. The molecule has 0 saturated heterocycles. The van der Waals surface area contributed by atoms with E-state index in [9.17, 15) is 9.59 Å². The lowest BCUT2D eigenvalue weighted by atomic mass is 10.1. The Morgan fingerprint density at radius 1 is 0.485 bits per heavy atom. The molecule has 6 heterocycles. The Morgan fingerprint density at radius 2 is 0.879 bits per heavy atom. The fourth-order valence-electron chi connectivity index (χ4n) is 7.30. The van der Waals surface area contributed by atoms with E-state index in [2.05, 4.69) is 20.6 Å². The van der Waals surface area contributed by atoms with Gasteiger partial charge in [-0.15, -0.1) is 0 Å². The number of hydrogen-bond acceptors (Lipinski definition) is 8. The summed E-state index contributed by atoms with van der Waals surface area (Å²) in [5, 5.41) is 5.92. The van der Waals surface area contributed by atoms with Gasteiger partial charge in [0.15, 0.2) is 0 Å². The Hall–Kier alpha value is -8.90. The topological polar surface area (TPSA) is 137 Å². The number of anilines is 2. The predicted octanol–water partition coefficient (Wildman–Crippen LogP) is 12.1. The van der Waals surface area contributed by atoms with Crippen molar-refractivity contribution in [2.24, 2.45) is 0 Å². The highest BCUT2D eigenvalue weighted by Crippen LogP contribution is 2.30. The van der Waals surface area contributed by atoms with Crippen LogP contribution in [0.1, 0.15) is 43.0 Å². The minimum atomic E-state index is -0.241. The van der Waals surface area contributed by atoms with Gasteiger partial charge < -0.3 is 28.9 Å². The predicted molar refractivity (Wildman–Crippen MR) is 258 cm³/mol. The van der Waals surface area contributed by atoms with Crippen molar-refractivity contribution in [1.82, 2.24) is 28.7 Å². The van der Waals surface area contributed by atoms with Gasteiger partial charge in [0.25, 0.3) is 11.8 Å². The van der Waals surface area contributed by atoms with Crippen molar-refractivity contribution in [2.75, 3.05) is 10.6 Å². The van der Waals surface area contributed by atoms with E-state index in [0.29, 0.717) is 45.5 Å². The molecule has 12 nitrogen and oxygen atoms in total. The third-order valence-electron chi connectivity index (χ3n) is 10.8. The van der Waals surface area contributed by atoms with E-state index in [0.717, 1.165) is 56.1 Å². The van der Waals surface area contributed by atoms with Crippen LogP contribution in [0.3, 0.4) is 0 Å². The molecule has 12 heteroatoms. The van der Waals surface area contributed by atoms with Crippen LogP contribution in [0.2, 0.25) is 0 Å². The lowest BCUT2D eigenvalue weighted by molar-refractivity contribution is 0.101. The molecule has 2 amide bonds. The Balaban J connectivity index is 0.000000166. The lowest BCUT2D eigenvalue weighted by Crippen LogP contribution is -2.13. The highest BCUT2D eigenvalue weighted by atomic mass is 16.5. The van der Waals surface area contributed by atoms with Crippen LogP contribution in [0, 0.1) is 27.7 Å². The highest BCUT2D eigenvalue weighted by molar-refractivity contribution is 6.07. The number of fused-ring (bicyclic) bond motifs is 2. The number of carbonyl (C=O) groups excluding carboxylic acids is 2. The summed E-state index contributed by atoms with van der Waals surface area (Å²) in [6, 6.07) is 41.5. The minimum absolute atomic E-state index is 0.241. The first-order chi connectivity index (χ1) is 32.1. The summed E-state index contributed by atoms with van der Waals surface area (Å²) in [6.07, 6.45) is 14.6. The first-order valence-corrected chi connectivity index (χ1v) is 21.2. The molecule has 0 aliphatic rings. The van der Waals surface area contributed by atoms with Gasteiger partial charge >= 0.3 is 0 Å². The third-order valence-corrected chi connectivity index (χ3v) is 10.8. The summed E-state index contributed by atoms with van der Waals surface area (Å²) in [5.74, 6) is 1.75. The largest absolute Gasteiger partial charge is 0.456 e. The number of amides is 2. The van der Waals surface area contributed by atoms with E-state index in [1.54, 1.807) is 61.2 Å². The van der Waals surface area contributed by atoms with Gasteiger partial charge in [-0.2, -0.15) is 0 Å². The molecule has 0 unspecified atom stereocenters. The van der Waals surface area contributed by atoms with Gasteiger partial charge in [-0.25, -0.2) is 9.97 Å². The van der Waals surface area contributed by atoms with Gasteiger partial charge in [0.1, 0.15) is 34.3 Å². The Labute approximate surface area is 381 Å². The fourth-order valence-corrected chi connectivity index (χ4v) is 7.30. The Kier molecular flexibility index (Phi) is 12.1. The molecule has 2 N–H and O–H groups in total. The monoisotopic (exact) mass is 868 g/mol. The SMILES string of the molecule is Cc1ccc(C(=O)Nc2ccc(-c3cn4cccc(C)c4n3)cc2)c(Oc2ccncc2)c1.Cc1ccc(C(=O)Nc2ccc(-c3cn4cccc(C)c4n3)cc2)c(Oc2ccncc2)c1. The van der Waals surface area contributed by atoms with E-state index in [1.165, 1.54) is 0 Å². The van der Waals surface area contributed by atoms with E-state index in [-0.39, 0.29) is 11.8 Å². The maximum Gasteiger partial charge on any atom is 0.259 e. The second-order valence-electron chi connectivity index (χ2n) is 15.7. The molecule has 0 bridgehead atoms. The fraction of sp³-hybridized carbons (Fsp3) is 0.0741. The van der Waals surface area contributed by atoms with Crippen LogP contribution in [0.25, 0.3) is 33.8 Å². The summed E-state index contributed by atoms with van der Waals surface area (Å²) in [4.78, 5) is 43.5. The molecule has 0 saturated carbocycles. The van der Waals surface area contributed by atoms with Crippen molar-refractivity contribution in [3.63, 3.8) is 0 Å². The second-order valence-corrected chi connectivity index (χ2v) is 15.7. The molecule has 10 aromatic rings. The maximum atomic E-state index is 13.0.